The molecule has 0 N–H and O–H groups in total. The molecule has 2 atom stereocenters. The van der Waals surface area contributed by atoms with Gasteiger partial charge in [0.05, 0.1) is 10.1 Å². The minimum Gasteiger partial charge on any atom is -0.223 e. The van der Waals surface area contributed by atoms with Crippen molar-refractivity contribution in [3.8, 4) is 0 Å². The number of benzene rings is 1. The highest BCUT2D eigenvalue weighted by molar-refractivity contribution is 7.92. The molecule has 1 aromatic carbocycles. The third kappa shape index (κ3) is 1.13. The van der Waals surface area contributed by atoms with Gasteiger partial charge in [0.2, 0.25) is 0 Å². The van der Waals surface area contributed by atoms with Gasteiger partial charge in [-0.1, -0.05) is 30.4 Å². The van der Waals surface area contributed by atoms with Crippen molar-refractivity contribution >= 4 is 9.84 Å². The Morgan fingerprint density at radius 2 is 1.80 bits per heavy atom. The monoisotopic (exact) mass is 220 g/mol. The SMILES string of the molecule is O=S1(=O)c2ccccc2[C@@H]2CC=CC[C@@H]21. The fourth-order valence-corrected chi connectivity index (χ4v) is 4.87. The van der Waals surface area contributed by atoms with Crippen molar-refractivity contribution in [3.05, 3.63) is 42.0 Å². The fourth-order valence-electron chi connectivity index (χ4n) is 2.67. The predicted molar refractivity (Wildman–Crippen MR) is 58.5 cm³/mol. The lowest BCUT2D eigenvalue weighted by molar-refractivity contribution is 0.563. The molecule has 2 nitrogen and oxygen atoms in total. The minimum atomic E-state index is -3.06. The number of allylic oxidation sites excluding steroid dienone is 2. The lowest BCUT2D eigenvalue weighted by atomic mass is 9.88. The van der Waals surface area contributed by atoms with Gasteiger partial charge < -0.3 is 0 Å². The quantitative estimate of drug-likeness (QED) is 0.628. The Morgan fingerprint density at radius 1 is 1.07 bits per heavy atom. The van der Waals surface area contributed by atoms with Crippen molar-refractivity contribution in [3.63, 3.8) is 0 Å². The molecule has 0 amide bonds. The second-order valence-corrected chi connectivity index (χ2v) is 6.31. The highest BCUT2D eigenvalue weighted by Crippen LogP contribution is 2.45. The van der Waals surface area contributed by atoms with Crippen molar-refractivity contribution in [2.24, 2.45) is 0 Å². The molecule has 0 fully saturated rings. The molecule has 0 aromatic heterocycles. The summed E-state index contributed by atoms with van der Waals surface area (Å²) in [7, 11) is -3.06. The Morgan fingerprint density at radius 3 is 2.67 bits per heavy atom. The van der Waals surface area contributed by atoms with E-state index in [-0.39, 0.29) is 11.2 Å². The van der Waals surface area contributed by atoms with Gasteiger partial charge in [-0.05, 0) is 24.5 Å². The zero-order valence-corrected chi connectivity index (χ0v) is 9.07. The Bertz CT molecular complexity index is 528. The lowest BCUT2D eigenvalue weighted by Gasteiger charge is -2.19. The number of rotatable bonds is 0. The largest absolute Gasteiger partial charge is 0.223 e. The van der Waals surface area contributed by atoms with Crippen LogP contribution in [-0.2, 0) is 9.84 Å². The topological polar surface area (TPSA) is 34.1 Å². The second kappa shape index (κ2) is 2.95. The summed E-state index contributed by atoms with van der Waals surface area (Å²) >= 11 is 0. The van der Waals surface area contributed by atoms with Crippen LogP contribution in [0.3, 0.4) is 0 Å². The molecule has 2 aliphatic rings. The maximum absolute atomic E-state index is 12.2. The third-order valence-electron chi connectivity index (χ3n) is 3.40. The molecule has 1 aliphatic carbocycles. The van der Waals surface area contributed by atoms with E-state index in [1.165, 1.54) is 0 Å². The highest BCUT2D eigenvalue weighted by Gasteiger charge is 2.44. The normalized spacial score (nSPS) is 30.9. The summed E-state index contributed by atoms with van der Waals surface area (Å²) in [6.45, 7) is 0. The molecule has 15 heavy (non-hydrogen) atoms. The molecular weight excluding hydrogens is 208 g/mol. The smallest absolute Gasteiger partial charge is 0.182 e. The maximum atomic E-state index is 12.2. The summed E-state index contributed by atoms with van der Waals surface area (Å²) in [5.74, 6) is 0.191. The van der Waals surface area contributed by atoms with E-state index < -0.39 is 9.84 Å². The van der Waals surface area contributed by atoms with Crippen molar-refractivity contribution in [1.82, 2.24) is 0 Å². The molecule has 0 radical (unpaired) electrons. The molecule has 78 valence electrons. The summed E-state index contributed by atoms with van der Waals surface area (Å²) in [6, 6.07) is 7.43. The van der Waals surface area contributed by atoms with Crippen molar-refractivity contribution < 1.29 is 8.42 Å². The summed E-state index contributed by atoms with van der Waals surface area (Å²) in [4.78, 5) is 0.559. The van der Waals surface area contributed by atoms with Crippen molar-refractivity contribution in [1.29, 1.82) is 0 Å². The maximum Gasteiger partial charge on any atom is 0.182 e. The van der Waals surface area contributed by atoms with E-state index in [0.29, 0.717) is 11.3 Å². The van der Waals surface area contributed by atoms with Crippen LogP contribution in [0, 0.1) is 0 Å². The highest BCUT2D eigenvalue weighted by atomic mass is 32.2. The van der Waals surface area contributed by atoms with Crippen LogP contribution in [0.25, 0.3) is 0 Å². The zero-order chi connectivity index (χ0) is 10.5. The fraction of sp³-hybridized carbons (Fsp3) is 0.333. The van der Waals surface area contributed by atoms with Crippen LogP contribution in [0.4, 0.5) is 0 Å². The van der Waals surface area contributed by atoms with Crippen LogP contribution in [0.1, 0.15) is 24.3 Å². The predicted octanol–water partition coefficient (Wildman–Crippen LogP) is 2.28. The van der Waals surface area contributed by atoms with Crippen LogP contribution in [0.2, 0.25) is 0 Å². The van der Waals surface area contributed by atoms with Gasteiger partial charge in [0, 0.05) is 5.92 Å². The molecule has 1 aromatic rings. The van der Waals surface area contributed by atoms with Crippen molar-refractivity contribution in [2.45, 2.75) is 28.9 Å². The molecule has 0 saturated carbocycles. The average molecular weight is 220 g/mol. The number of hydrogen-bond donors (Lipinski definition) is 0. The first-order valence-corrected chi connectivity index (χ1v) is 6.74. The number of hydrogen-bond acceptors (Lipinski definition) is 2. The first-order valence-electron chi connectivity index (χ1n) is 5.19. The van der Waals surface area contributed by atoms with Gasteiger partial charge in [0.25, 0.3) is 0 Å². The molecule has 0 spiro atoms. The lowest BCUT2D eigenvalue weighted by Crippen LogP contribution is -2.22. The Kier molecular flexibility index (Phi) is 1.80. The van der Waals surface area contributed by atoms with Gasteiger partial charge in [-0.3, -0.25) is 0 Å². The van der Waals surface area contributed by atoms with Gasteiger partial charge in [-0.15, -0.1) is 0 Å². The van der Waals surface area contributed by atoms with E-state index in [9.17, 15) is 8.42 Å². The Labute approximate surface area is 89.5 Å². The van der Waals surface area contributed by atoms with Gasteiger partial charge in [0.1, 0.15) is 0 Å². The molecule has 0 bridgehead atoms. The third-order valence-corrected chi connectivity index (χ3v) is 5.70. The van der Waals surface area contributed by atoms with Crippen LogP contribution in [0.5, 0.6) is 0 Å². The van der Waals surface area contributed by atoms with Gasteiger partial charge in [-0.2, -0.15) is 0 Å². The molecule has 0 unspecified atom stereocenters. The molecule has 1 aliphatic heterocycles. The zero-order valence-electron chi connectivity index (χ0n) is 8.26. The van der Waals surface area contributed by atoms with E-state index >= 15 is 0 Å². The summed E-state index contributed by atoms with van der Waals surface area (Å²) < 4.78 is 24.4. The van der Waals surface area contributed by atoms with Crippen LogP contribution in [-0.4, -0.2) is 13.7 Å². The Balaban J connectivity index is 2.27. The minimum absolute atomic E-state index is 0.191. The standard InChI is InChI=1S/C12H12O2S/c13-15(14)11-7-3-1-5-9(11)10-6-2-4-8-12(10)15/h1-5,7,10,12H,6,8H2/t10-,12-/m0/s1. The van der Waals surface area contributed by atoms with Crippen molar-refractivity contribution in [2.75, 3.05) is 0 Å². The summed E-state index contributed by atoms with van der Waals surface area (Å²) in [6.07, 6.45) is 5.62. The van der Waals surface area contributed by atoms with Gasteiger partial charge in [0.15, 0.2) is 9.84 Å². The van der Waals surface area contributed by atoms with Gasteiger partial charge >= 0.3 is 0 Å². The molecule has 0 saturated heterocycles. The number of fused-ring (bicyclic) bond motifs is 3. The first kappa shape index (κ1) is 9.16. The van der Waals surface area contributed by atoms with E-state index in [1.54, 1.807) is 12.1 Å². The molecule has 3 rings (SSSR count). The van der Waals surface area contributed by atoms with E-state index in [4.69, 9.17) is 0 Å². The second-order valence-electron chi connectivity index (χ2n) is 4.17. The number of sulfone groups is 1. The van der Waals surface area contributed by atoms with E-state index in [0.717, 1.165) is 12.0 Å². The van der Waals surface area contributed by atoms with Gasteiger partial charge in [-0.25, -0.2) is 8.42 Å². The summed E-state index contributed by atoms with van der Waals surface area (Å²) in [5.41, 5.74) is 1.02. The van der Waals surface area contributed by atoms with E-state index in [1.807, 2.05) is 18.2 Å². The molecular formula is C12H12O2S. The van der Waals surface area contributed by atoms with Crippen LogP contribution >= 0.6 is 0 Å². The average Bonchev–Trinajstić information content (AvgIpc) is 2.51. The first-order chi connectivity index (χ1) is 7.21. The van der Waals surface area contributed by atoms with Crippen LogP contribution < -0.4 is 0 Å². The molecule has 3 heteroatoms. The van der Waals surface area contributed by atoms with Crippen LogP contribution in [0.15, 0.2) is 41.3 Å². The summed E-state index contributed by atoms with van der Waals surface area (Å²) in [5, 5.41) is -0.208. The Hall–Kier alpha value is -1.09. The van der Waals surface area contributed by atoms with E-state index in [2.05, 4.69) is 6.08 Å². The molecule has 1 heterocycles.